The van der Waals surface area contributed by atoms with E-state index >= 15 is 0 Å². The quantitative estimate of drug-likeness (QED) is 0.835. The number of hydrogen-bond donors (Lipinski definition) is 1. The minimum Gasteiger partial charge on any atom is -0.395 e. The predicted molar refractivity (Wildman–Crippen MR) is 63.0 cm³/mol. The zero-order valence-corrected chi connectivity index (χ0v) is 9.97. The molecule has 90 valence electrons. The summed E-state index contributed by atoms with van der Waals surface area (Å²) in [4.78, 5) is 2.38. The molecule has 0 aromatic carbocycles. The van der Waals surface area contributed by atoms with E-state index in [-0.39, 0.29) is 6.61 Å². The van der Waals surface area contributed by atoms with Gasteiger partial charge in [0.25, 0.3) is 0 Å². The molecule has 1 aromatic heterocycles. The second kappa shape index (κ2) is 5.46. The van der Waals surface area contributed by atoms with Crippen LogP contribution >= 0.6 is 0 Å². The highest BCUT2D eigenvalue weighted by molar-refractivity contribution is 5.01. The molecule has 4 nitrogen and oxygen atoms in total. The van der Waals surface area contributed by atoms with E-state index in [1.807, 2.05) is 10.9 Å². The lowest BCUT2D eigenvalue weighted by molar-refractivity contribution is 0.0818. The van der Waals surface area contributed by atoms with Crippen LogP contribution in [0.25, 0.3) is 0 Å². The van der Waals surface area contributed by atoms with E-state index in [4.69, 9.17) is 0 Å². The van der Waals surface area contributed by atoms with Crippen LogP contribution in [0.5, 0.6) is 0 Å². The minimum absolute atomic E-state index is 0.278. The van der Waals surface area contributed by atoms with Crippen molar-refractivity contribution >= 4 is 0 Å². The summed E-state index contributed by atoms with van der Waals surface area (Å²) in [6.45, 7) is 5.32. The van der Waals surface area contributed by atoms with Crippen molar-refractivity contribution in [2.45, 2.75) is 45.3 Å². The molecule has 16 heavy (non-hydrogen) atoms. The molecule has 1 unspecified atom stereocenters. The second-order valence-electron chi connectivity index (χ2n) is 4.44. The summed E-state index contributed by atoms with van der Waals surface area (Å²) >= 11 is 0. The Hall–Kier alpha value is -0.870. The van der Waals surface area contributed by atoms with Gasteiger partial charge in [0.2, 0.25) is 0 Å². The number of nitrogens with zero attached hydrogens (tertiary/aromatic N) is 3. The first-order valence-electron chi connectivity index (χ1n) is 6.20. The van der Waals surface area contributed by atoms with Crippen LogP contribution in [-0.2, 0) is 13.1 Å². The molecule has 4 heteroatoms. The zero-order chi connectivity index (χ0) is 11.4. The van der Waals surface area contributed by atoms with Gasteiger partial charge < -0.3 is 5.11 Å². The first-order valence-corrected chi connectivity index (χ1v) is 6.20. The lowest BCUT2D eigenvalue weighted by Gasteiger charge is -2.34. The molecular weight excluding hydrogens is 202 g/mol. The van der Waals surface area contributed by atoms with E-state index < -0.39 is 0 Å². The summed E-state index contributed by atoms with van der Waals surface area (Å²) in [7, 11) is 0. The lowest BCUT2D eigenvalue weighted by Crippen LogP contribution is -2.41. The third-order valence-electron chi connectivity index (χ3n) is 3.43. The summed E-state index contributed by atoms with van der Waals surface area (Å²) in [5.74, 6) is 0. The van der Waals surface area contributed by atoms with Gasteiger partial charge in [0.05, 0.1) is 12.3 Å². The number of aliphatic hydroxyl groups is 1. The number of aliphatic hydroxyl groups excluding tert-OH is 1. The van der Waals surface area contributed by atoms with Gasteiger partial charge in [-0.15, -0.1) is 0 Å². The minimum atomic E-state index is 0.278. The molecule has 2 heterocycles. The fraction of sp³-hybridized carbons (Fsp3) is 0.750. The molecule has 0 amide bonds. The molecule has 1 aromatic rings. The smallest absolute Gasteiger partial charge is 0.0587 e. The Morgan fingerprint density at radius 3 is 3.12 bits per heavy atom. The first-order chi connectivity index (χ1) is 7.85. The molecule has 0 radical (unpaired) electrons. The van der Waals surface area contributed by atoms with Crippen LogP contribution in [-0.4, -0.2) is 39.0 Å². The zero-order valence-electron chi connectivity index (χ0n) is 9.97. The van der Waals surface area contributed by atoms with Crippen LogP contribution < -0.4 is 0 Å². The Morgan fingerprint density at radius 2 is 2.38 bits per heavy atom. The van der Waals surface area contributed by atoms with Crippen LogP contribution in [0.15, 0.2) is 12.3 Å². The van der Waals surface area contributed by atoms with Gasteiger partial charge in [-0.1, -0.05) is 6.42 Å². The highest BCUT2D eigenvalue weighted by Gasteiger charge is 2.22. The SMILES string of the molecule is CCn1nccc1CN1CCCCC1CO. The molecule has 2 rings (SSSR count). The van der Waals surface area contributed by atoms with Crippen molar-refractivity contribution in [3.8, 4) is 0 Å². The summed E-state index contributed by atoms with van der Waals surface area (Å²) in [6.07, 6.45) is 5.47. The van der Waals surface area contributed by atoms with E-state index in [9.17, 15) is 5.11 Å². The number of hydrogen-bond acceptors (Lipinski definition) is 3. The molecule has 0 saturated carbocycles. The Labute approximate surface area is 96.9 Å². The van der Waals surface area contributed by atoms with E-state index in [0.717, 1.165) is 26.1 Å². The fourth-order valence-corrected chi connectivity index (χ4v) is 2.46. The number of rotatable bonds is 4. The summed E-state index contributed by atoms with van der Waals surface area (Å²) < 4.78 is 2.03. The van der Waals surface area contributed by atoms with Gasteiger partial charge in [-0.25, -0.2) is 0 Å². The molecule has 1 saturated heterocycles. The van der Waals surface area contributed by atoms with Crippen LogP contribution in [0, 0.1) is 0 Å². The van der Waals surface area contributed by atoms with Gasteiger partial charge in [0, 0.05) is 25.3 Å². The van der Waals surface area contributed by atoms with Crippen molar-refractivity contribution in [1.82, 2.24) is 14.7 Å². The summed E-state index contributed by atoms with van der Waals surface area (Å²) in [5, 5.41) is 13.6. The van der Waals surface area contributed by atoms with Gasteiger partial charge in [0.15, 0.2) is 0 Å². The van der Waals surface area contributed by atoms with Crippen molar-refractivity contribution in [2.24, 2.45) is 0 Å². The van der Waals surface area contributed by atoms with Crippen LogP contribution in [0.3, 0.4) is 0 Å². The monoisotopic (exact) mass is 223 g/mol. The average Bonchev–Trinajstić information content (AvgIpc) is 2.77. The summed E-state index contributed by atoms with van der Waals surface area (Å²) in [5.41, 5.74) is 1.25. The Balaban J connectivity index is 2.02. The van der Waals surface area contributed by atoms with E-state index in [1.165, 1.54) is 18.5 Å². The topological polar surface area (TPSA) is 41.3 Å². The molecule has 1 aliphatic heterocycles. The molecule has 1 N–H and O–H groups in total. The van der Waals surface area contributed by atoms with Crippen LogP contribution in [0.4, 0.5) is 0 Å². The van der Waals surface area contributed by atoms with Crippen LogP contribution in [0.2, 0.25) is 0 Å². The van der Waals surface area contributed by atoms with Crippen molar-refractivity contribution in [3.05, 3.63) is 18.0 Å². The number of aryl methyl sites for hydroxylation is 1. The number of aromatic nitrogens is 2. The van der Waals surface area contributed by atoms with E-state index in [1.54, 1.807) is 0 Å². The fourth-order valence-electron chi connectivity index (χ4n) is 2.46. The summed E-state index contributed by atoms with van der Waals surface area (Å²) in [6, 6.07) is 2.42. The number of piperidine rings is 1. The third-order valence-corrected chi connectivity index (χ3v) is 3.43. The molecule has 0 spiro atoms. The third kappa shape index (κ3) is 2.44. The van der Waals surface area contributed by atoms with Crippen molar-refractivity contribution in [3.63, 3.8) is 0 Å². The second-order valence-corrected chi connectivity index (χ2v) is 4.44. The first kappa shape index (κ1) is 11.6. The Bertz CT molecular complexity index is 324. The maximum absolute atomic E-state index is 9.35. The molecule has 1 fully saturated rings. The number of likely N-dealkylation sites (tertiary alicyclic amines) is 1. The average molecular weight is 223 g/mol. The Morgan fingerprint density at radius 1 is 1.50 bits per heavy atom. The van der Waals surface area contributed by atoms with E-state index in [0.29, 0.717) is 6.04 Å². The standard InChI is InChI=1S/C12H21N3O/c1-2-15-11(6-7-13-15)9-14-8-4-3-5-12(14)10-16/h6-7,12,16H,2-5,8-10H2,1H3. The Kier molecular flexibility index (Phi) is 3.96. The molecular formula is C12H21N3O. The van der Waals surface area contributed by atoms with Crippen molar-refractivity contribution < 1.29 is 5.11 Å². The van der Waals surface area contributed by atoms with Gasteiger partial charge in [-0.3, -0.25) is 9.58 Å². The normalized spacial score (nSPS) is 22.5. The van der Waals surface area contributed by atoms with Gasteiger partial charge >= 0.3 is 0 Å². The molecule has 1 atom stereocenters. The van der Waals surface area contributed by atoms with Gasteiger partial charge in [-0.2, -0.15) is 5.10 Å². The highest BCUT2D eigenvalue weighted by Crippen LogP contribution is 2.19. The predicted octanol–water partition coefficient (Wildman–Crippen LogP) is 1.25. The lowest BCUT2D eigenvalue weighted by atomic mass is 10.0. The molecule has 0 aliphatic carbocycles. The van der Waals surface area contributed by atoms with Gasteiger partial charge in [-0.05, 0) is 32.4 Å². The maximum atomic E-state index is 9.35. The molecule has 0 bridgehead atoms. The maximum Gasteiger partial charge on any atom is 0.0587 e. The van der Waals surface area contributed by atoms with E-state index in [2.05, 4.69) is 23.0 Å². The van der Waals surface area contributed by atoms with Crippen molar-refractivity contribution in [2.75, 3.05) is 13.2 Å². The van der Waals surface area contributed by atoms with Crippen molar-refractivity contribution in [1.29, 1.82) is 0 Å². The molecule has 1 aliphatic rings. The van der Waals surface area contributed by atoms with Gasteiger partial charge in [0.1, 0.15) is 0 Å². The largest absolute Gasteiger partial charge is 0.395 e. The highest BCUT2D eigenvalue weighted by atomic mass is 16.3. The van der Waals surface area contributed by atoms with Crippen LogP contribution in [0.1, 0.15) is 31.9 Å².